The van der Waals surface area contributed by atoms with Gasteiger partial charge in [-0.25, -0.2) is 0 Å². The summed E-state index contributed by atoms with van der Waals surface area (Å²) in [7, 11) is 0. The van der Waals surface area contributed by atoms with E-state index in [4.69, 9.17) is 14.0 Å². The Labute approximate surface area is 197 Å². The number of hydrogen-bond acceptors (Lipinski definition) is 7. The molecule has 8 nitrogen and oxygen atoms in total. The van der Waals surface area contributed by atoms with Crippen LogP contribution in [0, 0.1) is 17.2 Å². The minimum Gasteiger partial charge on any atom is -0.490 e. The molecule has 2 aliphatic heterocycles. The maximum atomic E-state index is 12.7. The van der Waals surface area contributed by atoms with Gasteiger partial charge in [0.15, 0.2) is 5.72 Å². The maximum absolute atomic E-state index is 12.7. The highest BCUT2D eigenvalue weighted by Crippen LogP contribution is 2.57. The fraction of sp³-hybridized carbons (Fsp3) is 0.385. The molecular formula is C26H24N4O4. The predicted octanol–water partition coefficient (Wildman–Crippen LogP) is 4.04. The monoisotopic (exact) mass is 456 g/mol. The van der Waals surface area contributed by atoms with Gasteiger partial charge in [-0.1, -0.05) is 23.4 Å². The van der Waals surface area contributed by atoms with Crippen LogP contribution < -0.4 is 4.74 Å². The van der Waals surface area contributed by atoms with Crippen molar-refractivity contribution >= 4 is 5.91 Å². The Balaban J connectivity index is 1.38. The van der Waals surface area contributed by atoms with Gasteiger partial charge >= 0.3 is 0 Å². The Morgan fingerprint density at radius 1 is 1.26 bits per heavy atom. The number of carbonyl (C=O) groups excluding carboxylic acids is 1. The maximum Gasteiger partial charge on any atom is 0.258 e. The third-order valence-electron chi connectivity index (χ3n) is 6.98. The molecule has 172 valence electrons. The molecule has 1 amide bonds. The quantitative estimate of drug-likeness (QED) is 0.584. The molecule has 3 atom stereocenters. The Bertz CT molecular complexity index is 1360. The Morgan fingerprint density at radius 2 is 2.12 bits per heavy atom. The minimum atomic E-state index is -0.678. The van der Waals surface area contributed by atoms with Crippen molar-refractivity contribution in [3.05, 3.63) is 53.1 Å². The summed E-state index contributed by atoms with van der Waals surface area (Å²) >= 11 is 0. The lowest BCUT2D eigenvalue weighted by Gasteiger charge is -2.33. The van der Waals surface area contributed by atoms with Gasteiger partial charge in [-0.05, 0) is 51.0 Å². The molecule has 2 aromatic carbocycles. The minimum absolute atomic E-state index is 0.0369. The van der Waals surface area contributed by atoms with Gasteiger partial charge in [0, 0.05) is 29.0 Å². The predicted molar refractivity (Wildman–Crippen MR) is 121 cm³/mol. The Kier molecular flexibility index (Phi) is 4.55. The van der Waals surface area contributed by atoms with Gasteiger partial charge < -0.3 is 18.9 Å². The number of ether oxygens (including phenoxy) is 2. The Morgan fingerprint density at radius 3 is 2.91 bits per heavy atom. The summed E-state index contributed by atoms with van der Waals surface area (Å²) in [5.41, 5.74) is 3.40. The Hall–Kier alpha value is -3.70. The molecule has 6 rings (SSSR count). The highest BCUT2D eigenvalue weighted by atomic mass is 16.5. The average molecular weight is 457 g/mol. The lowest BCUT2D eigenvalue weighted by atomic mass is 9.97. The molecule has 3 aliphatic rings. The summed E-state index contributed by atoms with van der Waals surface area (Å²) in [5.74, 6) is 1.58. The second-order valence-electron chi connectivity index (χ2n) is 9.47. The van der Waals surface area contributed by atoms with Crippen LogP contribution in [0.15, 0.2) is 40.9 Å². The topological polar surface area (TPSA) is 101 Å². The second kappa shape index (κ2) is 7.40. The zero-order valence-electron chi connectivity index (χ0n) is 19.2. The van der Waals surface area contributed by atoms with Crippen LogP contribution in [0.2, 0.25) is 0 Å². The zero-order valence-corrected chi connectivity index (χ0v) is 19.2. The average Bonchev–Trinajstić information content (AvgIpc) is 3.55. The number of rotatable bonds is 4. The molecule has 0 bridgehead atoms. The van der Waals surface area contributed by atoms with Crippen molar-refractivity contribution in [2.75, 3.05) is 6.61 Å². The first-order chi connectivity index (χ1) is 16.4. The smallest absolute Gasteiger partial charge is 0.258 e. The van der Waals surface area contributed by atoms with Crippen molar-refractivity contribution in [2.45, 2.75) is 51.5 Å². The highest BCUT2D eigenvalue weighted by Gasteiger charge is 2.63. The van der Waals surface area contributed by atoms with Crippen LogP contribution in [0.3, 0.4) is 0 Å². The SMILES string of the molecule is CC(C)Oc1ccc(-c2nc(-c3cccc4c3C[C@@H]3CC(=O)N5[C@H](C)CO[C@@]435)no2)cc1C#N. The van der Waals surface area contributed by atoms with Crippen molar-refractivity contribution < 1.29 is 18.8 Å². The summed E-state index contributed by atoms with van der Waals surface area (Å²) < 4.78 is 17.6. The van der Waals surface area contributed by atoms with E-state index >= 15 is 0 Å². The number of aromatic nitrogens is 2. The van der Waals surface area contributed by atoms with Crippen molar-refractivity contribution in [3.63, 3.8) is 0 Å². The van der Waals surface area contributed by atoms with E-state index < -0.39 is 5.72 Å². The molecule has 1 spiro atoms. The molecule has 3 aromatic rings. The summed E-state index contributed by atoms with van der Waals surface area (Å²) in [6.45, 7) is 6.40. The van der Waals surface area contributed by atoms with Crippen molar-refractivity contribution in [3.8, 4) is 34.7 Å². The third kappa shape index (κ3) is 2.83. The van der Waals surface area contributed by atoms with E-state index in [2.05, 4.69) is 22.3 Å². The normalized spacial score (nSPS) is 24.8. The molecule has 0 radical (unpaired) electrons. The first-order valence-corrected chi connectivity index (χ1v) is 11.6. The number of amides is 1. The summed E-state index contributed by atoms with van der Waals surface area (Å²) in [6, 6.07) is 13.5. The van der Waals surface area contributed by atoms with E-state index in [1.165, 1.54) is 0 Å². The van der Waals surface area contributed by atoms with Crippen LogP contribution in [0.1, 0.15) is 43.9 Å². The number of benzene rings is 2. The molecule has 1 aromatic heterocycles. The number of carbonyl (C=O) groups is 1. The molecule has 1 aliphatic carbocycles. The van der Waals surface area contributed by atoms with Crippen LogP contribution in [0.5, 0.6) is 5.75 Å². The van der Waals surface area contributed by atoms with Crippen LogP contribution in [-0.4, -0.2) is 39.7 Å². The first kappa shape index (κ1) is 20.9. The standard InChI is InChI=1S/C26H24N4O4/c1-14(2)33-22-8-7-16(9-17(22)12-27)25-28-24(29-34-25)19-5-4-6-21-20(19)10-18-11-23(31)30-15(3)13-32-26(18,21)30/h4-9,14-15,18H,10-11,13H2,1-3H3/t15-,18-,26-/m1/s1. The summed E-state index contributed by atoms with van der Waals surface area (Å²) in [5, 5.41) is 13.8. The fourth-order valence-corrected chi connectivity index (χ4v) is 5.71. The van der Waals surface area contributed by atoms with Crippen LogP contribution in [-0.2, 0) is 21.7 Å². The summed E-state index contributed by atoms with van der Waals surface area (Å²) in [6.07, 6.45) is 1.17. The molecule has 2 saturated heterocycles. The van der Waals surface area contributed by atoms with E-state index in [9.17, 15) is 10.1 Å². The van der Waals surface area contributed by atoms with Gasteiger partial charge in [0.25, 0.3) is 5.89 Å². The number of fused-ring (bicyclic) bond motifs is 1. The molecular weight excluding hydrogens is 432 g/mol. The largest absolute Gasteiger partial charge is 0.490 e. The van der Waals surface area contributed by atoms with E-state index in [0.717, 1.165) is 23.1 Å². The van der Waals surface area contributed by atoms with Gasteiger partial charge in [-0.3, -0.25) is 4.79 Å². The number of nitrogens with zero attached hydrogens (tertiary/aromatic N) is 4. The molecule has 2 fully saturated rings. The molecule has 34 heavy (non-hydrogen) atoms. The zero-order chi connectivity index (χ0) is 23.6. The van der Waals surface area contributed by atoms with Crippen molar-refractivity contribution in [1.82, 2.24) is 15.0 Å². The molecule has 3 heterocycles. The fourth-order valence-electron chi connectivity index (χ4n) is 5.71. The van der Waals surface area contributed by atoms with Gasteiger partial charge in [-0.2, -0.15) is 10.2 Å². The number of nitriles is 1. The molecule has 0 saturated carbocycles. The molecule has 8 heteroatoms. The highest BCUT2D eigenvalue weighted by molar-refractivity contribution is 5.83. The van der Waals surface area contributed by atoms with Crippen LogP contribution in [0.25, 0.3) is 22.8 Å². The summed E-state index contributed by atoms with van der Waals surface area (Å²) in [4.78, 5) is 19.3. The van der Waals surface area contributed by atoms with Gasteiger partial charge in [-0.15, -0.1) is 0 Å². The lowest BCUT2D eigenvalue weighted by molar-refractivity contribution is -0.141. The van der Waals surface area contributed by atoms with E-state index in [-0.39, 0.29) is 24.0 Å². The van der Waals surface area contributed by atoms with Crippen molar-refractivity contribution in [1.29, 1.82) is 5.26 Å². The first-order valence-electron chi connectivity index (χ1n) is 11.6. The lowest BCUT2D eigenvalue weighted by Crippen LogP contribution is -2.43. The van der Waals surface area contributed by atoms with E-state index in [0.29, 0.717) is 41.6 Å². The van der Waals surface area contributed by atoms with E-state index in [1.54, 1.807) is 12.1 Å². The van der Waals surface area contributed by atoms with Gasteiger partial charge in [0.2, 0.25) is 11.7 Å². The third-order valence-corrected chi connectivity index (χ3v) is 6.98. The molecule has 0 N–H and O–H groups in total. The van der Waals surface area contributed by atoms with Crippen LogP contribution in [0.4, 0.5) is 0 Å². The van der Waals surface area contributed by atoms with E-state index in [1.807, 2.05) is 43.9 Å². The molecule has 0 unspecified atom stereocenters. The van der Waals surface area contributed by atoms with Gasteiger partial charge in [0.1, 0.15) is 11.8 Å². The second-order valence-corrected chi connectivity index (χ2v) is 9.47. The number of hydrogen-bond donors (Lipinski definition) is 0. The van der Waals surface area contributed by atoms with Crippen molar-refractivity contribution in [2.24, 2.45) is 5.92 Å². The van der Waals surface area contributed by atoms with Gasteiger partial charge in [0.05, 0.1) is 24.3 Å². The van der Waals surface area contributed by atoms with Crippen LogP contribution >= 0.6 is 0 Å².